The lowest BCUT2D eigenvalue weighted by atomic mass is 10.1. The second-order valence-corrected chi connectivity index (χ2v) is 3.82. The Morgan fingerprint density at radius 1 is 1.11 bits per heavy atom. The van der Waals surface area contributed by atoms with E-state index in [2.05, 4.69) is 10.6 Å². The van der Waals surface area contributed by atoms with Gasteiger partial charge >= 0.3 is 0 Å². The molecule has 0 heterocycles. The normalized spacial score (nSPS) is 11.4. The van der Waals surface area contributed by atoms with Gasteiger partial charge in [-0.1, -0.05) is 12.1 Å². The molecule has 0 spiro atoms. The van der Waals surface area contributed by atoms with Crippen molar-refractivity contribution in [3.8, 4) is 0 Å². The summed E-state index contributed by atoms with van der Waals surface area (Å²) in [5.41, 5.74) is 6.08. The summed E-state index contributed by atoms with van der Waals surface area (Å²) < 4.78 is 0. The van der Waals surface area contributed by atoms with Gasteiger partial charge in [-0.05, 0) is 19.1 Å². The predicted octanol–water partition coefficient (Wildman–Crippen LogP) is 0.500. The third-order valence-corrected chi connectivity index (χ3v) is 2.23. The second-order valence-electron chi connectivity index (χ2n) is 3.82. The van der Waals surface area contributed by atoms with Gasteiger partial charge in [0, 0.05) is 6.92 Å². The molecule has 18 heavy (non-hydrogen) atoms. The summed E-state index contributed by atoms with van der Waals surface area (Å²) in [5.74, 6) is -1.40. The van der Waals surface area contributed by atoms with Crippen LogP contribution in [0.4, 0.5) is 11.4 Å². The number of amides is 2. The first-order valence-electron chi connectivity index (χ1n) is 5.34. The van der Waals surface area contributed by atoms with Gasteiger partial charge in [-0.15, -0.1) is 0 Å². The number of anilines is 2. The topological polar surface area (TPSA) is 101 Å². The summed E-state index contributed by atoms with van der Waals surface area (Å²) in [4.78, 5) is 33.4. The number of nitrogens with one attached hydrogen (secondary N) is 2. The molecule has 0 saturated heterocycles. The Kier molecular flexibility index (Phi) is 4.42. The fourth-order valence-electron chi connectivity index (χ4n) is 1.44. The number of benzene rings is 1. The lowest BCUT2D eigenvalue weighted by Crippen LogP contribution is -2.41. The number of carbonyl (C=O) groups is 3. The summed E-state index contributed by atoms with van der Waals surface area (Å²) in [6, 6.07) is 5.63. The van der Waals surface area contributed by atoms with Crippen LogP contribution < -0.4 is 16.4 Å². The van der Waals surface area contributed by atoms with Crippen molar-refractivity contribution in [2.24, 2.45) is 5.73 Å². The van der Waals surface area contributed by atoms with Gasteiger partial charge in [0.2, 0.25) is 11.8 Å². The number of hydrogen-bond acceptors (Lipinski definition) is 4. The van der Waals surface area contributed by atoms with Crippen LogP contribution in [0, 0.1) is 0 Å². The van der Waals surface area contributed by atoms with Gasteiger partial charge in [-0.25, -0.2) is 0 Å². The zero-order valence-electron chi connectivity index (χ0n) is 10.2. The van der Waals surface area contributed by atoms with Crippen molar-refractivity contribution >= 4 is 29.0 Å². The molecule has 1 aromatic carbocycles. The van der Waals surface area contributed by atoms with Crippen molar-refractivity contribution in [3.63, 3.8) is 0 Å². The Balaban J connectivity index is 2.98. The van der Waals surface area contributed by atoms with Crippen molar-refractivity contribution in [2.45, 2.75) is 19.9 Å². The number of Topliss-reactive ketones (excluding diaryl/α,β-unsaturated/α-hetero) is 1. The average molecular weight is 249 g/mol. The molecular formula is C12H15N3O3. The van der Waals surface area contributed by atoms with Gasteiger partial charge in [0.25, 0.3) is 0 Å². The molecular weight excluding hydrogens is 234 g/mol. The zero-order chi connectivity index (χ0) is 13.7. The molecule has 0 fully saturated rings. The maximum Gasteiger partial charge on any atom is 0.247 e. The lowest BCUT2D eigenvalue weighted by Gasteiger charge is -2.16. The van der Waals surface area contributed by atoms with Gasteiger partial charge in [0.05, 0.1) is 11.4 Å². The molecule has 1 unspecified atom stereocenters. The molecule has 1 atom stereocenters. The third kappa shape index (κ3) is 3.58. The number of nitrogens with two attached hydrogens (primary N) is 1. The van der Waals surface area contributed by atoms with Crippen molar-refractivity contribution in [2.75, 3.05) is 10.6 Å². The smallest absolute Gasteiger partial charge is 0.247 e. The molecule has 1 rings (SSSR count). The first kappa shape index (κ1) is 13.7. The molecule has 0 radical (unpaired) electrons. The Bertz CT molecular complexity index is 471. The number of primary amides is 1. The average Bonchev–Trinajstić information content (AvgIpc) is 2.26. The van der Waals surface area contributed by atoms with Crippen LogP contribution in [0.3, 0.4) is 0 Å². The van der Waals surface area contributed by atoms with Gasteiger partial charge in [-0.3, -0.25) is 14.4 Å². The maximum atomic E-state index is 11.3. The maximum absolute atomic E-state index is 11.3. The van der Waals surface area contributed by atoms with Crippen molar-refractivity contribution in [1.82, 2.24) is 0 Å². The van der Waals surface area contributed by atoms with E-state index >= 15 is 0 Å². The SMILES string of the molecule is CC(=O)Nc1ccccc1NC(C(C)=O)C(N)=O. The first-order chi connectivity index (χ1) is 8.41. The van der Waals surface area contributed by atoms with Crippen LogP contribution in [0.1, 0.15) is 13.8 Å². The van der Waals surface area contributed by atoms with Gasteiger partial charge in [-0.2, -0.15) is 0 Å². The summed E-state index contributed by atoms with van der Waals surface area (Å²) in [5, 5.41) is 5.30. The van der Waals surface area contributed by atoms with Crippen LogP contribution in [0.5, 0.6) is 0 Å². The molecule has 0 saturated carbocycles. The summed E-state index contributed by atoms with van der Waals surface area (Å²) >= 11 is 0. The molecule has 0 aliphatic carbocycles. The summed E-state index contributed by atoms with van der Waals surface area (Å²) in [6.45, 7) is 2.64. The molecule has 2 amide bonds. The Hall–Kier alpha value is -2.37. The number of rotatable bonds is 5. The molecule has 1 aromatic rings. The minimum atomic E-state index is -1.11. The van der Waals surface area contributed by atoms with Gasteiger partial charge in [0.1, 0.15) is 0 Å². The highest BCUT2D eigenvalue weighted by Gasteiger charge is 2.21. The van der Waals surface area contributed by atoms with E-state index < -0.39 is 11.9 Å². The summed E-state index contributed by atoms with van der Waals surface area (Å²) in [7, 11) is 0. The van der Waals surface area contributed by atoms with E-state index in [1.165, 1.54) is 13.8 Å². The molecule has 6 heteroatoms. The quantitative estimate of drug-likeness (QED) is 0.661. The Morgan fingerprint density at radius 3 is 2.11 bits per heavy atom. The third-order valence-electron chi connectivity index (χ3n) is 2.23. The van der Waals surface area contributed by atoms with Crippen molar-refractivity contribution in [1.29, 1.82) is 0 Å². The minimum absolute atomic E-state index is 0.247. The van der Waals surface area contributed by atoms with E-state index in [4.69, 9.17) is 5.73 Å². The largest absolute Gasteiger partial charge is 0.367 e. The number of hydrogen-bond donors (Lipinski definition) is 3. The van der Waals surface area contributed by atoms with Crippen LogP contribution in [-0.2, 0) is 14.4 Å². The van der Waals surface area contributed by atoms with E-state index in [0.29, 0.717) is 11.4 Å². The molecule has 96 valence electrons. The highest BCUT2D eigenvalue weighted by atomic mass is 16.2. The van der Waals surface area contributed by atoms with Crippen LogP contribution in [0.25, 0.3) is 0 Å². The van der Waals surface area contributed by atoms with E-state index in [-0.39, 0.29) is 11.7 Å². The van der Waals surface area contributed by atoms with Gasteiger partial charge < -0.3 is 16.4 Å². The van der Waals surface area contributed by atoms with E-state index in [0.717, 1.165) is 0 Å². The molecule has 4 N–H and O–H groups in total. The Morgan fingerprint density at radius 2 is 1.67 bits per heavy atom. The van der Waals surface area contributed by atoms with Gasteiger partial charge in [0.15, 0.2) is 11.8 Å². The van der Waals surface area contributed by atoms with E-state index in [1.807, 2.05) is 0 Å². The van der Waals surface area contributed by atoms with Crippen LogP contribution in [0.2, 0.25) is 0 Å². The first-order valence-corrected chi connectivity index (χ1v) is 5.34. The molecule has 0 aliphatic heterocycles. The highest BCUT2D eigenvalue weighted by Crippen LogP contribution is 2.21. The fourth-order valence-corrected chi connectivity index (χ4v) is 1.44. The Labute approximate surface area is 105 Å². The standard InChI is InChI=1S/C12H15N3O3/c1-7(16)11(12(13)18)15-10-6-4-3-5-9(10)14-8(2)17/h3-6,11,15H,1-2H3,(H2,13,18)(H,14,17). The highest BCUT2D eigenvalue weighted by molar-refractivity contribution is 6.07. The number of ketones is 1. The van der Waals surface area contributed by atoms with Crippen LogP contribution >= 0.6 is 0 Å². The molecule has 6 nitrogen and oxygen atoms in total. The predicted molar refractivity (Wildman–Crippen MR) is 68.0 cm³/mol. The monoisotopic (exact) mass is 249 g/mol. The lowest BCUT2D eigenvalue weighted by molar-refractivity contribution is -0.126. The number of carbonyl (C=O) groups excluding carboxylic acids is 3. The minimum Gasteiger partial charge on any atom is -0.367 e. The van der Waals surface area contributed by atoms with Crippen molar-refractivity contribution < 1.29 is 14.4 Å². The number of para-hydroxylation sites is 2. The van der Waals surface area contributed by atoms with Crippen LogP contribution in [-0.4, -0.2) is 23.6 Å². The zero-order valence-corrected chi connectivity index (χ0v) is 10.2. The van der Waals surface area contributed by atoms with Crippen molar-refractivity contribution in [3.05, 3.63) is 24.3 Å². The van der Waals surface area contributed by atoms with E-state index in [1.54, 1.807) is 24.3 Å². The molecule has 0 aromatic heterocycles. The fraction of sp³-hybridized carbons (Fsp3) is 0.250. The van der Waals surface area contributed by atoms with E-state index in [9.17, 15) is 14.4 Å². The molecule has 0 aliphatic rings. The second kappa shape index (κ2) is 5.81. The van der Waals surface area contributed by atoms with Crippen LogP contribution in [0.15, 0.2) is 24.3 Å². The molecule has 0 bridgehead atoms. The summed E-state index contributed by atoms with van der Waals surface area (Å²) in [6.07, 6.45) is 0.